The van der Waals surface area contributed by atoms with Crippen LogP contribution in [0.3, 0.4) is 0 Å². The number of rotatable bonds is 4. The summed E-state index contributed by atoms with van der Waals surface area (Å²) >= 11 is 0. The van der Waals surface area contributed by atoms with Crippen molar-refractivity contribution in [3.05, 3.63) is 29.3 Å². The summed E-state index contributed by atoms with van der Waals surface area (Å²) in [6.45, 7) is 1.17. The summed E-state index contributed by atoms with van der Waals surface area (Å²) in [4.78, 5) is 10.9. The lowest BCUT2D eigenvalue weighted by Gasteiger charge is -2.17. The van der Waals surface area contributed by atoms with Crippen LogP contribution in [0.25, 0.3) is 0 Å². The Kier molecular flexibility index (Phi) is 3.95. The van der Waals surface area contributed by atoms with E-state index in [-0.39, 0.29) is 12.5 Å². The first-order valence-corrected chi connectivity index (χ1v) is 5.61. The van der Waals surface area contributed by atoms with E-state index in [1.165, 1.54) is 5.56 Å². The van der Waals surface area contributed by atoms with Gasteiger partial charge in [0.05, 0.1) is 13.2 Å². The molecule has 1 aliphatic heterocycles. The zero-order chi connectivity index (χ0) is 12.1. The highest BCUT2D eigenvalue weighted by Crippen LogP contribution is 2.25. The summed E-state index contributed by atoms with van der Waals surface area (Å²) in [6.07, 6.45) is 2.08. The van der Waals surface area contributed by atoms with E-state index in [0.29, 0.717) is 6.61 Å². The summed E-state index contributed by atoms with van der Waals surface area (Å²) in [5.74, 6) is 5.58. The van der Waals surface area contributed by atoms with Gasteiger partial charge in [0.25, 0.3) is 5.91 Å². The second-order valence-electron chi connectivity index (χ2n) is 3.95. The highest BCUT2D eigenvalue weighted by molar-refractivity contribution is 5.76. The van der Waals surface area contributed by atoms with Crippen LogP contribution < -0.4 is 16.0 Å². The number of hydrazine groups is 1. The van der Waals surface area contributed by atoms with E-state index in [1.807, 2.05) is 17.6 Å². The number of carbonyl (C=O) groups is 1. The van der Waals surface area contributed by atoms with Gasteiger partial charge in [-0.25, -0.2) is 5.84 Å². The standard InChI is InChI=1S/C12H16N2O3/c13-14-12(15)8-16-7-9-3-4-11-10(6-9)2-1-5-17-11/h3-4,6H,1-2,5,7-8,13H2,(H,14,15). The molecule has 0 fully saturated rings. The van der Waals surface area contributed by atoms with Crippen LogP contribution >= 0.6 is 0 Å². The summed E-state index contributed by atoms with van der Waals surface area (Å²) in [5.41, 5.74) is 4.27. The fraction of sp³-hybridized carbons (Fsp3) is 0.417. The second-order valence-corrected chi connectivity index (χ2v) is 3.95. The third-order valence-electron chi connectivity index (χ3n) is 2.64. The first-order chi connectivity index (χ1) is 8.29. The van der Waals surface area contributed by atoms with E-state index < -0.39 is 0 Å². The molecule has 92 valence electrons. The minimum Gasteiger partial charge on any atom is -0.493 e. The lowest BCUT2D eigenvalue weighted by molar-refractivity contribution is -0.126. The molecule has 2 rings (SSSR count). The highest BCUT2D eigenvalue weighted by Gasteiger charge is 2.10. The van der Waals surface area contributed by atoms with E-state index in [9.17, 15) is 4.79 Å². The first kappa shape index (κ1) is 11.9. The van der Waals surface area contributed by atoms with Crippen LogP contribution in [0.15, 0.2) is 18.2 Å². The summed E-state index contributed by atoms with van der Waals surface area (Å²) in [7, 11) is 0. The molecule has 0 bridgehead atoms. The SMILES string of the molecule is NNC(=O)COCc1ccc2c(c1)CCCO2. The molecule has 5 nitrogen and oxygen atoms in total. The van der Waals surface area contributed by atoms with Gasteiger partial charge in [-0.2, -0.15) is 0 Å². The van der Waals surface area contributed by atoms with Gasteiger partial charge in [-0.3, -0.25) is 10.2 Å². The largest absolute Gasteiger partial charge is 0.493 e. The number of benzene rings is 1. The molecule has 1 aliphatic rings. The van der Waals surface area contributed by atoms with Crippen molar-refractivity contribution in [1.82, 2.24) is 5.43 Å². The maximum absolute atomic E-state index is 10.9. The van der Waals surface area contributed by atoms with Gasteiger partial charge >= 0.3 is 0 Å². The number of aryl methyl sites for hydroxylation is 1. The fourth-order valence-electron chi connectivity index (χ4n) is 1.81. The molecule has 17 heavy (non-hydrogen) atoms. The van der Waals surface area contributed by atoms with E-state index in [0.717, 1.165) is 30.8 Å². The average molecular weight is 236 g/mol. The van der Waals surface area contributed by atoms with Crippen LogP contribution in [0.4, 0.5) is 0 Å². The van der Waals surface area contributed by atoms with Crippen molar-refractivity contribution in [2.75, 3.05) is 13.2 Å². The fourth-order valence-corrected chi connectivity index (χ4v) is 1.81. The predicted molar refractivity (Wildman–Crippen MR) is 62.2 cm³/mol. The Morgan fingerprint density at radius 1 is 1.53 bits per heavy atom. The number of hydrogen-bond acceptors (Lipinski definition) is 4. The van der Waals surface area contributed by atoms with Gasteiger partial charge in [0.1, 0.15) is 12.4 Å². The minimum absolute atomic E-state index is 0.0237. The lowest BCUT2D eigenvalue weighted by atomic mass is 10.0. The maximum atomic E-state index is 10.9. The maximum Gasteiger partial charge on any atom is 0.259 e. The zero-order valence-electron chi connectivity index (χ0n) is 9.57. The smallest absolute Gasteiger partial charge is 0.259 e. The van der Waals surface area contributed by atoms with Crippen molar-refractivity contribution in [1.29, 1.82) is 0 Å². The lowest BCUT2D eigenvalue weighted by Crippen LogP contribution is -2.33. The molecule has 3 N–H and O–H groups in total. The molecule has 0 radical (unpaired) electrons. The zero-order valence-corrected chi connectivity index (χ0v) is 9.57. The Labute approximate surface area is 99.9 Å². The Morgan fingerprint density at radius 3 is 3.24 bits per heavy atom. The monoisotopic (exact) mass is 236 g/mol. The van der Waals surface area contributed by atoms with Crippen LogP contribution in [0.1, 0.15) is 17.5 Å². The van der Waals surface area contributed by atoms with Crippen molar-refractivity contribution in [3.8, 4) is 5.75 Å². The summed E-state index contributed by atoms with van der Waals surface area (Å²) in [5, 5.41) is 0. The number of carbonyl (C=O) groups excluding carboxylic acids is 1. The Morgan fingerprint density at radius 2 is 2.41 bits per heavy atom. The average Bonchev–Trinajstić information content (AvgIpc) is 2.38. The quantitative estimate of drug-likeness (QED) is 0.454. The molecule has 1 aromatic rings. The molecule has 0 unspecified atom stereocenters. The minimum atomic E-state index is -0.328. The van der Waals surface area contributed by atoms with Gasteiger partial charge in [0.2, 0.25) is 0 Å². The number of ether oxygens (including phenoxy) is 2. The van der Waals surface area contributed by atoms with Crippen LogP contribution in [0.5, 0.6) is 5.75 Å². The first-order valence-electron chi connectivity index (χ1n) is 5.61. The molecule has 0 spiro atoms. The normalized spacial score (nSPS) is 13.7. The molecule has 5 heteroatoms. The van der Waals surface area contributed by atoms with Crippen LogP contribution in [-0.2, 0) is 22.6 Å². The third-order valence-corrected chi connectivity index (χ3v) is 2.64. The van der Waals surface area contributed by atoms with Crippen molar-refractivity contribution in [2.45, 2.75) is 19.4 Å². The van der Waals surface area contributed by atoms with Crippen molar-refractivity contribution < 1.29 is 14.3 Å². The Bertz CT molecular complexity index is 407. The predicted octanol–water partition coefficient (Wildman–Crippen LogP) is 0.518. The number of nitrogens with two attached hydrogens (primary N) is 1. The molecule has 1 aromatic carbocycles. The Hall–Kier alpha value is -1.59. The second kappa shape index (κ2) is 5.65. The number of nitrogens with one attached hydrogen (secondary N) is 1. The van der Waals surface area contributed by atoms with Gasteiger partial charge in [-0.1, -0.05) is 6.07 Å². The van der Waals surface area contributed by atoms with Crippen molar-refractivity contribution in [2.24, 2.45) is 5.84 Å². The van der Waals surface area contributed by atoms with Gasteiger partial charge in [-0.15, -0.1) is 0 Å². The van der Waals surface area contributed by atoms with Gasteiger partial charge in [0, 0.05) is 0 Å². The molecule has 0 saturated heterocycles. The molecule has 0 saturated carbocycles. The van der Waals surface area contributed by atoms with Crippen LogP contribution in [0, 0.1) is 0 Å². The van der Waals surface area contributed by atoms with Gasteiger partial charge in [-0.05, 0) is 36.1 Å². The van der Waals surface area contributed by atoms with Crippen LogP contribution in [0.2, 0.25) is 0 Å². The van der Waals surface area contributed by atoms with Crippen molar-refractivity contribution >= 4 is 5.91 Å². The van der Waals surface area contributed by atoms with Gasteiger partial charge < -0.3 is 9.47 Å². The van der Waals surface area contributed by atoms with Gasteiger partial charge in [0.15, 0.2) is 0 Å². The molecule has 1 heterocycles. The highest BCUT2D eigenvalue weighted by atomic mass is 16.5. The Balaban J connectivity index is 1.91. The molecule has 1 amide bonds. The van der Waals surface area contributed by atoms with Crippen LogP contribution in [-0.4, -0.2) is 19.1 Å². The summed E-state index contributed by atoms with van der Waals surface area (Å²) in [6, 6.07) is 5.97. The number of fused-ring (bicyclic) bond motifs is 1. The summed E-state index contributed by atoms with van der Waals surface area (Å²) < 4.78 is 10.7. The van der Waals surface area contributed by atoms with E-state index >= 15 is 0 Å². The number of hydrogen-bond donors (Lipinski definition) is 2. The molecular weight excluding hydrogens is 220 g/mol. The third kappa shape index (κ3) is 3.18. The molecule has 0 atom stereocenters. The van der Waals surface area contributed by atoms with Crippen molar-refractivity contribution in [3.63, 3.8) is 0 Å². The van der Waals surface area contributed by atoms with E-state index in [2.05, 4.69) is 6.07 Å². The molecule has 0 aliphatic carbocycles. The molecular formula is C12H16N2O3. The number of amides is 1. The molecule has 0 aromatic heterocycles. The topological polar surface area (TPSA) is 73.6 Å². The van der Waals surface area contributed by atoms with E-state index in [1.54, 1.807) is 0 Å². The van der Waals surface area contributed by atoms with E-state index in [4.69, 9.17) is 15.3 Å².